The molecule has 1 aromatic rings. The summed E-state index contributed by atoms with van der Waals surface area (Å²) in [5.41, 5.74) is 1.07. The molecular formula is C16H17F2NO3. The van der Waals surface area contributed by atoms with Crippen molar-refractivity contribution in [3.63, 3.8) is 0 Å². The molecule has 0 saturated carbocycles. The third-order valence-electron chi connectivity index (χ3n) is 4.40. The standard InChI is InChI=1S/C16H17F2NO3/c1-2-3-14-15(20)22-16(21)19(14)11-5-4-9-6-10(17)7-13(18)12(9)8-11/h6-7,11,14H,2-5,8H2,1H3/t11-,14-/m0/s1. The van der Waals surface area contributed by atoms with Crippen LogP contribution in [0.3, 0.4) is 0 Å². The summed E-state index contributed by atoms with van der Waals surface area (Å²) in [7, 11) is 0. The van der Waals surface area contributed by atoms with Crippen LogP contribution in [0.2, 0.25) is 0 Å². The molecule has 1 aliphatic carbocycles. The van der Waals surface area contributed by atoms with Crippen LogP contribution in [-0.4, -0.2) is 29.0 Å². The summed E-state index contributed by atoms with van der Waals surface area (Å²) >= 11 is 0. The molecule has 0 aromatic heterocycles. The molecule has 3 rings (SSSR count). The van der Waals surface area contributed by atoms with Gasteiger partial charge in [0, 0.05) is 12.1 Å². The number of carbonyl (C=O) groups is 2. The van der Waals surface area contributed by atoms with E-state index < -0.39 is 29.7 Å². The Morgan fingerprint density at radius 1 is 1.32 bits per heavy atom. The van der Waals surface area contributed by atoms with Crippen molar-refractivity contribution in [1.82, 2.24) is 4.90 Å². The number of nitrogens with zero attached hydrogens (tertiary/aromatic N) is 1. The molecule has 0 spiro atoms. The smallest absolute Gasteiger partial charge is 0.375 e. The van der Waals surface area contributed by atoms with Gasteiger partial charge < -0.3 is 4.74 Å². The number of hydrogen-bond acceptors (Lipinski definition) is 3. The minimum absolute atomic E-state index is 0.282. The fourth-order valence-electron chi connectivity index (χ4n) is 3.39. The number of carbonyl (C=O) groups excluding carboxylic acids is 2. The van der Waals surface area contributed by atoms with Gasteiger partial charge in [0.15, 0.2) is 0 Å². The summed E-state index contributed by atoms with van der Waals surface area (Å²) in [5.74, 6) is -1.71. The lowest BCUT2D eigenvalue weighted by Gasteiger charge is -2.33. The predicted molar refractivity (Wildman–Crippen MR) is 74.2 cm³/mol. The third-order valence-corrected chi connectivity index (χ3v) is 4.40. The van der Waals surface area contributed by atoms with Crippen molar-refractivity contribution in [2.45, 2.75) is 51.1 Å². The molecule has 0 unspecified atom stereocenters. The molecule has 1 heterocycles. The predicted octanol–water partition coefficient (Wildman–Crippen LogP) is 2.97. The average Bonchev–Trinajstić information content (AvgIpc) is 2.73. The highest BCUT2D eigenvalue weighted by atomic mass is 19.1. The molecule has 6 heteroatoms. The van der Waals surface area contributed by atoms with E-state index >= 15 is 0 Å². The summed E-state index contributed by atoms with van der Waals surface area (Å²) in [6.45, 7) is 1.92. The molecule has 1 fully saturated rings. The van der Waals surface area contributed by atoms with Crippen molar-refractivity contribution in [2.24, 2.45) is 0 Å². The van der Waals surface area contributed by atoms with Gasteiger partial charge in [0.25, 0.3) is 0 Å². The number of esters is 1. The van der Waals surface area contributed by atoms with Crippen molar-refractivity contribution in [3.05, 3.63) is 34.9 Å². The molecule has 1 aliphatic heterocycles. The van der Waals surface area contributed by atoms with E-state index in [1.54, 1.807) is 0 Å². The van der Waals surface area contributed by atoms with Gasteiger partial charge in [0.1, 0.15) is 17.7 Å². The number of benzene rings is 1. The number of halogens is 2. The highest BCUT2D eigenvalue weighted by Gasteiger charge is 2.45. The summed E-state index contributed by atoms with van der Waals surface area (Å²) in [4.78, 5) is 25.2. The Labute approximate surface area is 127 Å². The maximum absolute atomic E-state index is 14.0. The van der Waals surface area contributed by atoms with Crippen molar-refractivity contribution < 1.29 is 23.1 Å². The second-order valence-electron chi connectivity index (χ2n) is 5.82. The molecule has 1 aromatic carbocycles. The van der Waals surface area contributed by atoms with Crippen LogP contribution in [0.25, 0.3) is 0 Å². The molecule has 4 nitrogen and oxygen atoms in total. The minimum Gasteiger partial charge on any atom is -0.375 e. The van der Waals surface area contributed by atoms with E-state index in [0.29, 0.717) is 30.4 Å². The zero-order valence-electron chi connectivity index (χ0n) is 12.3. The number of cyclic esters (lactones) is 2. The Bertz CT molecular complexity index is 632. The Balaban J connectivity index is 1.87. The molecule has 22 heavy (non-hydrogen) atoms. The van der Waals surface area contributed by atoms with Gasteiger partial charge in [-0.3, -0.25) is 4.90 Å². The lowest BCUT2D eigenvalue weighted by atomic mass is 9.86. The third kappa shape index (κ3) is 2.46. The van der Waals surface area contributed by atoms with Crippen LogP contribution < -0.4 is 0 Å². The molecule has 118 valence electrons. The maximum Gasteiger partial charge on any atom is 0.418 e. The van der Waals surface area contributed by atoms with Crippen LogP contribution in [0.4, 0.5) is 13.6 Å². The number of ether oxygens (including phenoxy) is 1. The van der Waals surface area contributed by atoms with Crippen molar-refractivity contribution in [2.75, 3.05) is 0 Å². The SMILES string of the molecule is CCC[C@H]1C(=O)OC(=O)N1[C@H]1CCc2cc(F)cc(F)c2C1. The first kappa shape index (κ1) is 14.9. The first-order chi connectivity index (χ1) is 10.5. The van der Waals surface area contributed by atoms with Gasteiger partial charge >= 0.3 is 12.1 Å². The van der Waals surface area contributed by atoms with E-state index in [4.69, 9.17) is 4.74 Å². The topological polar surface area (TPSA) is 46.6 Å². The van der Waals surface area contributed by atoms with Crippen LogP contribution in [0.5, 0.6) is 0 Å². The van der Waals surface area contributed by atoms with Gasteiger partial charge in [-0.1, -0.05) is 13.3 Å². The molecule has 0 radical (unpaired) electrons. The highest BCUT2D eigenvalue weighted by Crippen LogP contribution is 2.31. The first-order valence-electron chi connectivity index (χ1n) is 7.52. The Morgan fingerprint density at radius 2 is 2.09 bits per heavy atom. The van der Waals surface area contributed by atoms with Crippen LogP contribution >= 0.6 is 0 Å². The van der Waals surface area contributed by atoms with E-state index in [9.17, 15) is 18.4 Å². The number of amides is 1. The van der Waals surface area contributed by atoms with Gasteiger partial charge in [0.05, 0.1) is 0 Å². The van der Waals surface area contributed by atoms with Crippen molar-refractivity contribution >= 4 is 12.1 Å². The molecule has 0 N–H and O–H groups in total. The quantitative estimate of drug-likeness (QED) is 0.637. The largest absolute Gasteiger partial charge is 0.418 e. The normalized spacial score (nSPS) is 24.4. The lowest BCUT2D eigenvalue weighted by Crippen LogP contribution is -2.46. The zero-order chi connectivity index (χ0) is 15.9. The minimum atomic E-state index is -0.653. The van der Waals surface area contributed by atoms with Crippen LogP contribution in [0.15, 0.2) is 12.1 Å². The highest BCUT2D eigenvalue weighted by molar-refractivity contribution is 5.95. The second kappa shape index (κ2) is 5.66. The molecular weight excluding hydrogens is 292 g/mol. The molecule has 2 atom stereocenters. The van der Waals surface area contributed by atoms with Crippen molar-refractivity contribution in [1.29, 1.82) is 0 Å². The summed E-state index contributed by atoms with van der Waals surface area (Å²) < 4.78 is 32.0. The summed E-state index contributed by atoms with van der Waals surface area (Å²) in [6, 6.07) is 1.32. The number of hydrogen-bond donors (Lipinski definition) is 0. The number of fused-ring (bicyclic) bond motifs is 1. The summed E-state index contributed by atoms with van der Waals surface area (Å²) in [6.07, 6.45) is 1.94. The average molecular weight is 309 g/mol. The van der Waals surface area contributed by atoms with E-state index in [0.717, 1.165) is 12.5 Å². The number of rotatable bonds is 3. The van der Waals surface area contributed by atoms with E-state index in [2.05, 4.69) is 0 Å². The fraction of sp³-hybridized carbons (Fsp3) is 0.500. The molecule has 1 amide bonds. The van der Waals surface area contributed by atoms with Crippen LogP contribution in [0, 0.1) is 11.6 Å². The molecule has 0 bridgehead atoms. The monoisotopic (exact) mass is 309 g/mol. The maximum atomic E-state index is 14.0. The molecule has 2 aliphatic rings. The Morgan fingerprint density at radius 3 is 2.82 bits per heavy atom. The van der Waals surface area contributed by atoms with E-state index in [1.807, 2.05) is 6.92 Å². The van der Waals surface area contributed by atoms with Gasteiger partial charge in [-0.15, -0.1) is 0 Å². The van der Waals surface area contributed by atoms with E-state index in [-0.39, 0.29) is 12.5 Å². The zero-order valence-corrected chi connectivity index (χ0v) is 12.3. The summed E-state index contributed by atoms with van der Waals surface area (Å²) in [5, 5.41) is 0. The molecule has 1 saturated heterocycles. The van der Waals surface area contributed by atoms with Gasteiger partial charge in [-0.05, 0) is 42.9 Å². The van der Waals surface area contributed by atoms with Gasteiger partial charge in [-0.2, -0.15) is 0 Å². The fourth-order valence-corrected chi connectivity index (χ4v) is 3.39. The lowest BCUT2D eigenvalue weighted by molar-refractivity contribution is -0.136. The first-order valence-corrected chi connectivity index (χ1v) is 7.52. The van der Waals surface area contributed by atoms with Crippen molar-refractivity contribution in [3.8, 4) is 0 Å². The van der Waals surface area contributed by atoms with Gasteiger partial charge in [-0.25, -0.2) is 18.4 Å². The van der Waals surface area contributed by atoms with Crippen LogP contribution in [-0.2, 0) is 22.4 Å². The van der Waals surface area contributed by atoms with E-state index in [1.165, 1.54) is 11.0 Å². The number of aryl methyl sites for hydroxylation is 1. The van der Waals surface area contributed by atoms with Crippen LogP contribution in [0.1, 0.15) is 37.3 Å². The van der Waals surface area contributed by atoms with Gasteiger partial charge in [0.2, 0.25) is 0 Å². The Kier molecular flexibility index (Phi) is 3.85. The second-order valence-corrected chi connectivity index (χ2v) is 5.82. The Hall–Kier alpha value is -1.98.